The third-order valence-corrected chi connectivity index (χ3v) is 3.01. The Morgan fingerprint density at radius 2 is 1.11 bits per heavy atom. The van der Waals surface area contributed by atoms with Crippen LogP contribution < -0.4 is 0 Å². The lowest BCUT2D eigenvalue weighted by Gasteiger charge is -2.16. The second-order valence-electron chi connectivity index (χ2n) is 5.31. The minimum Gasteiger partial charge on any atom is -0.376 e. The summed E-state index contributed by atoms with van der Waals surface area (Å²) in [7, 11) is 0. The van der Waals surface area contributed by atoms with Crippen LogP contribution in [0.3, 0.4) is 0 Å². The molecule has 0 saturated heterocycles. The number of hydrogen-bond acceptors (Lipinski definition) is 3. The quantitative estimate of drug-likeness (QED) is 0.444. The highest BCUT2D eigenvalue weighted by atomic mass is 16.6. The lowest BCUT2D eigenvalue weighted by molar-refractivity contribution is -0.0477. The molecule has 0 aromatic rings. The van der Waals surface area contributed by atoms with Crippen molar-refractivity contribution >= 4 is 0 Å². The molecule has 2 atom stereocenters. The van der Waals surface area contributed by atoms with Gasteiger partial charge in [0.25, 0.3) is 0 Å². The van der Waals surface area contributed by atoms with Crippen LogP contribution in [-0.4, -0.2) is 38.6 Å². The molecular formula is C16H34O3. The van der Waals surface area contributed by atoms with Crippen LogP contribution in [0, 0.1) is 0 Å². The molecule has 0 aliphatic carbocycles. The summed E-state index contributed by atoms with van der Waals surface area (Å²) in [4.78, 5) is 0. The summed E-state index contributed by atoms with van der Waals surface area (Å²) in [6.45, 7) is 11.6. The van der Waals surface area contributed by atoms with E-state index in [-0.39, 0.29) is 12.2 Å². The van der Waals surface area contributed by atoms with Crippen LogP contribution in [0.1, 0.15) is 66.2 Å². The Hall–Kier alpha value is -0.120. The van der Waals surface area contributed by atoms with Crippen molar-refractivity contribution < 1.29 is 14.2 Å². The van der Waals surface area contributed by atoms with Gasteiger partial charge in [0.05, 0.1) is 25.4 Å². The van der Waals surface area contributed by atoms with Crippen molar-refractivity contribution in [2.45, 2.75) is 78.4 Å². The topological polar surface area (TPSA) is 27.7 Å². The fourth-order valence-electron chi connectivity index (χ4n) is 1.77. The maximum atomic E-state index is 5.67. The first-order valence-corrected chi connectivity index (χ1v) is 8.01. The third-order valence-electron chi connectivity index (χ3n) is 3.01. The number of ether oxygens (including phenoxy) is 3. The molecule has 2 unspecified atom stereocenters. The number of unbranched alkanes of at least 4 members (excludes halogenated alkanes) is 4. The van der Waals surface area contributed by atoms with Gasteiger partial charge in [-0.05, 0) is 26.7 Å². The van der Waals surface area contributed by atoms with E-state index in [0.717, 1.165) is 26.1 Å². The summed E-state index contributed by atoms with van der Waals surface area (Å²) in [5.74, 6) is 0. The van der Waals surface area contributed by atoms with Crippen LogP contribution in [0.4, 0.5) is 0 Å². The lowest BCUT2D eigenvalue weighted by Crippen LogP contribution is -2.22. The van der Waals surface area contributed by atoms with Crippen molar-refractivity contribution in [3.63, 3.8) is 0 Å². The summed E-state index contributed by atoms with van der Waals surface area (Å²) in [6.07, 6.45) is 7.64. The molecule has 3 nitrogen and oxygen atoms in total. The van der Waals surface area contributed by atoms with E-state index in [4.69, 9.17) is 14.2 Å². The smallest absolute Gasteiger partial charge is 0.0780 e. The van der Waals surface area contributed by atoms with Gasteiger partial charge in [-0.1, -0.05) is 39.5 Å². The van der Waals surface area contributed by atoms with Crippen LogP contribution in [0.25, 0.3) is 0 Å². The second-order valence-corrected chi connectivity index (χ2v) is 5.31. The van der Waals surface area contributed by atoms with Gasteiger partial charge >= 0.3 is 0 Å². The van der Waals surface area contributed by atoms with Gasteiger partial charge in [0, 0.05) is 13.2 Å². The van der Waals surface area contributed by atoms with Crippen LogP contribution >= 0.6 is 0 Å². The molecule has 0 aromatic heterocycles. The fourth-order valence-corrected chi connectivity index (χ4v) is 1.77. The fraction of sp³-hybridized carbons (Fsp3) is 1.00. The zero-order valence-electron chi connectivity index (χ0n) is 13.5. The van der Waals surface area contributed by atoms with E-state index in [0.29, 0.717) is 13.2 Å². The first-order valence-electron chi connectivity index (χ1n) is 8.01. The van der Waals surface area contributed by atoms with Gasteiger partial charge in [-0.2, -0.15) is 0 Å². The van der Waals surface area contributed by atoms with Crippen molar-refractivity contribution in [2.75, 3.05) is 26.4 Å². The normalized spacial score (nSPS) is 14.5. The van der Waals surface area contributed by atoms with E-state index in [1.54, 1.807) is 0 Å². The summed E-state index contributed by atoms with van der Waals surface area (Å²) in [6, 6.07) is 0. The van der Waals surface area contributed by atoms with Crippen LogP contribution in [-0.2, 0) is 14.2 Å². The molecule has 19 heavy (non-hydrogen) atoms. The molecule has 116 valence electrons. The Kier molecular flexibility index (Phi) is 14.2. The van der Waals surface area contributed by atoms with Crippen molar-refractivity contribution in [1.82, 2.24) is 0 Å². The maximum absolute atomic E-state index is 5.67. The predicted octanol–water partition coefficient (Wildman–Crippen LogP) is 4.19. The van der Waals surface area contributed by atoms with Crippen molar-refractivity contribution in [3.8, 4) is 0 Å². The molecule has 0 radical (unpaired) electrons. The highest BCUT2D eigenvalue weighted by molar-refractivity contribution is 4.52. The Bertz CT molecular complexity index is 155. The Balaban J connectivity index is 3.30. The van der Waals surface area contributed by atoms with E-state index < -0.39 is 0 Å². The van der Waals surface area contributed by atoms with Gasteiger partial charge in [0.2, 0.25) is 0 Å². The standard InChI is InChI=1S/C16H34O3/c1-5-7-9-11-18-15(3)13-17-14-16(4)19-12-10-8-6-2/h15-16H,5-14H2,1-4H3. The van der Waals surface area contributed by atoms with Crippen LogP contribution in [0.5, 0.6) is 0 Å². The molecule has 0 aromatic carbocycles. The maximum Gasteiger partial charge on any atom is 0.0780 e. The SMILES string of the molecule is CCCCCOC(C)COCC(C)OCCCCC. The predicted molar refractivity (Wildman–Crippen MR) is 80.7 cm³/mol. The average Bonchev–Trinajstić information content (AvgIpc) is 2.40. The summed E-state index contributed by atoms with van der Waals surface area (Å²) in [5.41, 5.74) is 0. The van der Waals surface area contributed by atoms with Gasteiger partial charge in [-0.3, -0.25) is 0 Å². The molecule has 0 spiro atoms. The highest BCUT2D eigenvalue weighted by Crippen LogP contribution is 2.01. The van der Waals surface area contributed by atoms with E-state index in [2.05, 4.69) is 27.7 Å². The van der Waals surface area contributed by atoms with Crippen molar-refractivity contribution in [2.24, 2.45) is 0 Å². The summed E-state index contributed by atoms with van der Waals surface area (Å²) >= 11 is 0. The minimum absolute atomic E-state index is 0.184. The van der Waals surface area contributed by atoms with Crippen LogP contribution in [0.15, 0.2) is 0 Å². The van der Waals surface area contributed by atoms with Gasteiger partial charge in [0.15, 0.2) is 0 Å². The highest BCUT2D eigenvalue weighted by Gasteiger charge is 2.05. The first kappa shape index (κ1) is 18.9. The largest absolute Gasteiger partial charge is 0.376 e. The molecule has 0 aliphatic heterocycles. The van der Waals surface area contributed by atoms with E-state index in [1.165, 1.54) is 25.7 Å². The first-order chi connectivity index (χ1) is 9.20. The van der Waals surface area contributed by atoms with Crippen molar-refractivity contribution in [1.29, 1.82) is 0 Å². The van der Waals surface area contributed by atoms with Gasteiger partial charge in [-0.15, -0.1) is 0 Å². The zero-order valence-corrected chi connectivity index (χ0v) is 13.5. The van der Waals surface area contributed by atoms with Crippen molar-refractivity contribution in [3.05, 3.63) is 0 Å². The summed E-state index contributed by atoms with van der Waals surface area (Å²) < 4.78 is 17.0. The third kappa shape index (κ3) is 14.1. The molecule has 0 fully saturated rings. The molecule has 0 saturated carbocycles. The van der Waals surface area contributed by atoms with Gasteiger partial charge in [-0.25, -0.2) is 0 Å². The molecular weight excluding hydrogens is 240 g/mol. The van der Waals surface area contributed by atoms with Gasteiger partial charge < -0.3 is 14.2 Å². The monoisotopic (exact) mass is 274 g/mol. The molecule has 3 heteroatoms. The van der Waals surface area contributed by atoms with Gasteiger partial charge in [0.1, 0.15) is 0 Å². The van der Waals surface area contributed by atoms with Crippen LogP contribution in [0.2, 0.25) is 0 Å². The van der Waals surface area contributed by atoms with E-state index in [9.17, 15) is 0 Å². The molecule has 0 bridgehead atoms. The van der Waals surface area contributed by atoms with E-state index in [1.807, 2.05) is 0 Å². The zero-order chi connectivity index (χ0) is 14.3. The molecule has 0 heterocycles. The number of hydrogen-bond donors (Lipinski definition) is 0. The molecule has 0 aliphatic rings. The average molecular weight is 274 g/mol. The number of rotatable bonds is 14. The molecule has 0 rings (SSSR count). The lowest BCUT2D eigenvalue weighted by atomic mass is 10.3. The minimum atomic E-state index is 0.184. The Labute approximate surface area is 120 Å². The molecule has 0 N–H and O–H groups in total. The molecule has 0 amide bonds. The second kappa shape index (κ2) is 14.3. The summed E-state index contributed by atoms with van der Waals surface area (Å²) in [5, 5.41) is 0. The van der Waals surface area contributed by atoms with E-state index >= 15 is 0 Å². The Morgan fingerprint density at radius 1 is 0.684 bits per heavy atom. The Morgan fingerprint density at radius 3 is 1.47 bits per heavy atom.